The van der Waals surface area contributed by atoms with Crippen LogP contribution in [0.15, 0.2) is 22.9 Å². The minimum absolute atomic E-state index is 0.535. The Balaban J connectivity index is 2.96. The Bertz CT molecular complexity index is 357. The molecule has 0 saturated carbocycles. The Morgan fingerprint density at radius 1 is 1.55 bits per heavy atom. The van der Waals surface area contributed by atoms with E-state index in [4.69, 9.17) is 5.73 Å². The quantitative estimate of drug-likeness (QED) is 0.700. The molecular formula is C7H6BrN3. The molecule has 0 saturated heterocycles. The molecule has 0 bridgehead atoms. The zero-order valence-electron chi connectivity index (χ0n) is 5.63. The second-order valence-electron chi connectivity index (χ2n) is 2.26. The number of nitrogen functional groups attached to an aromatic ring is 1. The lowest BCUT2D eigenvalue weighted by atomic mass is 10.3. The number of nitrogens with one attached hydrogen (secondary N) is 1. The molecule has 0 atom stereocenters. The molecule has 3 N–H and O–H groups in total. The number of halogens is 1. The molecule has 4 heteroatoms. The SMILES string of the molecule is Nc1ncc(Br)c2cc[nH]c12. The van der Waals surface area contributed by atoms with Crippen LogP contribution in [0.2, 0.25) is 0 Å². The Kier molecular flexibility index (Phi) is 1.35. The van der Waals surface area contributed by atoms with Crippen molar-refractivity contribution in [1.82, 2.24) is 9.97 Å². The summed E-state index contributed by atoms with van der Waals surface area (Å²) in [7, 11) is 0. The van der Waals surface area contributed by atoms with E-state index in [1.54, 1.807) is 6.20 Å². The molecule has 0 aliphatic heterocycles. The van der Waals surface area contributed by atoms with Gasteiger partial charge in [0.05, 0.1) is 5.52 Å². The molecule has 0 fully saturated rings. The number of anilines is 1. The van der Waals surface area contributed by atoms with Crippen LogP contribution in [-0.4, -0.2) is 9.97 Å². The van der Waals surface area contributed by atoms with E-state index in [1.165, 1.54) is 0 Å². The first-order valence-electron chi connectivity index (χ1n) is 3.16. The van der Waals surface area contributed by atoms with Gasteiger partial charge in [0.1, 0.15) is 5.82 Å². The van der Waals surface area contributed by atoms with E-state index in [1.807, 2.05) is 12.3 Å². The predicted octanol–water partition coefficient (Wildman–Crippen LogP) is 1.91. The number of aromatic nitrogens is 2. The Morgan fingerprint density at radius 2 is 2.36 bits per heavy atom. The monoisotopic (exact) mass is 211 g/mol. The third-order valence-electron chi connectivity index (χ3n) is 1.58. The fourth-order valence-corrected chi connectivity index (χ4v) is 1.47. The lowest BCUT2D eigenvalue weighted by molar-refractivity contribution is 1.33. The molecule has 2 rings (SSSR count). The van der Waals surface area contributed by atoms with Gasteiger partial charge in [-0.25, -0.2) is 4.98 Å². The largest absolute Gasteiger partial charge is 0.382 e. The molecule has 11 heavy (non-hydrogen) atoms. The van der Waals surface area contributed by atoms with E-state index in [0.717, 1.165) is 15.4 Å². The smallest absolute Gasteiger partial charge is 0.147 e. The van der Waals surface area contributed by atoms with E-state index in [2.05, 4.69) is 25.9 Å². The number of aromatic amines is 1. The standard InChI is InChI=1S/C7H6BrN3/c8-5-3-11-7(9)6-4(5)1-2-10-6/h1-3,10H,(H2,9,11). The fraction of sp³-hybridized carbons (Fsp3) is 0. The number of rotatable bonds is 0. The first-order valence-corrected chi connectivity index (χ1v) is 3.95. The number of nitrogens with zero attached hydrogens (tertiary/aromatic N) is 1. The summed E-state index contributed by atoms with van der Waals surface area (Å²) in [5.41, 5.74) is 6.49. The van der Waals surface area contributed by atoms with E-state index in [0.29, 0.717) is 5.82 Å². The first-order chi connectivity index (χ1) is 5.29. The fourth-order valence-electron chi connectivity index (χ4n) is 1.04. The van der Waals surface area contributed by atoms with Gasteiger partial charge < -0.3 is 10.7 Å². The van der Waals surface area contributed by atoms with Crippen molar-refractivity contribution in [1.29, 1.82) is 0 Å². The molecule has 2 aromatic heterocycles. The molecule has 0 amide bonds. The number of hydrogen-bond donors (Lipinski definition) is 2. The van der Waals surface area contributed by atoms with E-state index in [-0.39, 0.29) is 0 Å². The normalized spacial score (nSPS) is 10.6. The van der Waals surface area contributed by atoms with Crippen molar-refractivity contribution in [2.24, 2.45) is 0 Å². The van der Waals surface area contributed by atoms with Crippen LogP contribution < -0.4 is 5.73 Å². The van der Waals surface area contributed by atoms with Crippen LogP contribution >= 0.6 is 15.9 Å². The van der Waals surface area contributed by atoms with Crippen LogP contribution in [0.1, 0.15) is 0 Å². The zero-order valence-corrected chi connectivity index (χ0v) is 7.22. The molecule has 0 aliphatic rings. The van der Waals surface area contributed by atoms with Gasteiger partial charge in [0.25, 0.3) is 0 Å². The highest BCUT2D eigenvalue weighted by molar-refractivity contribution is 9.10. The van der Waals surface area contributed by atoms with Crippen LogP contribution in [-0.2, 0) is 0 Å². The molecule has 2 heterocycles. The number of nitrogens with two attached hydrogens (primary N) is 1. The van der Waals surface area contributed by atoms with Crippen molar-refractivity contribution in [2.45, 2.75) is 0 Å². The van der Waals surface area contributed by atoms with Crippen LogP contribution in [0, 0.1) is 0 Å². The van der Waals surface area contributed by atoms with Crippen LogP contribution in [0.4, 0.5) is 5.82 Å². The minimum Gasteiger partial charge on any atom is -0.382 e. The molecule has 0 radical (unpaired) electrons. The highest BCUT2D eigenvalue weighted by atomic mass is 79.9. The molecule has 0 aromatic carbocycles. The maximum atomic E-state index is 5.61. The lowest BCUT2D eigenvalue weighted by Crippen LogP contribution is -1.90. The summed E-state index contributed by atoms with van der Waals surface area (Å²) < 4.78 is 0.961. The van der Waals surface area contributed by atoms with Crippen molar-refractivity contribution in [3.63, 3.8) is 0 Å². The third-order valence-corrected chi connectivity index (χ3v) is 2.21. The van der Waals surface area contributed by atoms with Gasteiger partial charge in [0.15, 0.2) is 0 Å². The van der Waals surface area contributed by atoms with Crippen molar-refractivity contribution in [2.75, 3.05) is 5.73 Å². The van der Waals surface area contributed by atoms with Crippen molar-refractivity contribution in [3.05, 3.63) is 22.9 Å². The summed E-state index contributed by atoms with van der Waals surface area (Å²) in [5.74, 6) is 0.535. The summed E-state index contributed by atoms with van der Waals surface area (Å²) >= 11 is 3.37. The molecule has 0 spiro atoms. The maximum Gasteiger partial charge on any atom is 0.147 e. The second-order valence-corrected chi connectivity index (χ2v) is 3.11. The van der Waals surface area contributed by atoms with Crippen LogP contribution in [0.25, 0.3) is 10.9 Å². The molecular weight excluding hydrogens is 206 g/mol. The maximum absolute atomic E-state index is 5.61. The summed E-state index contributed by atoms with van der Waals surface area (Å²) in [5, 5.41) is 1.07. The second kappa shape index (κ2) is 2.23. The van der Waals surface area contributed by atoms with Gasteiger partial charge in [-0.2, -0.15) is 0 Å². The summed E-state index contributed by atoms with van der Waals surface area (Å²) in [6, 6.07) is 1.96. The highest BCUT2D eigenvalue weighted by Gasteiger charge is 2.02. The van der Waals surface area contributed by atoms with E-state index >= 15 is 0 Å². The zero-order chi connectivity index (χ0) is 7.84. The minimum atomic E-state index is 0.535. The number of hydrogen-bond acceptors (Lipinski definition) is 2. The predicted molar refractivity (Wildman–Crippen MR) is 48.2 cm³/mol. The first kappa shape index (κ1) is 6.67. The van der Waals surface area contributed by atoms with Gasteiger partial charge in [0.2, 0.25) is 0 Å². The van der Waals surface area contributed by atoms with E-state index in [9.17, 15) is 0 Å². The van der Waals surface area contributed by atoms with Crippen molar-refractivity contribution < 1.29 is 0 Å². The molecule has 3 nitrogen and oxygen atoms in total. The molecule has 56 valence electrons. The highest BCUT2D eigenvalue weighted by Crippen LogP contribution is 2.24. The average Bonchev–Trinajstić information content (AvgIpc) is 2.45. The van der Waals surface area contributed by atoms with Gasteiger partial charge in [0, 0.05) is 22.3 Å². The lowest BCUT2D eigenvalue weighted by Gasteiger charge is -1.95. The van der Waals surface area contributed by atoms with Crippen LogP contribution in [0.3, 0.4) is 0 Å². The third kappa shape index (κ3) is 0.903. The van der Waals surface area contributed by atoms with Crippen LogP contribution in [0.5, 0.6) is 0 Å². The number of pyridine rings is 1. The van der Waals surface area contributed by atoms with E-state index < -0.39 is 0 Å². The summed E-state index contributed by atoms with van der Waals surface area (Å²) in [6.45, 7) is 0. The Hall–Kier alpha value is -1.03. The van der Waals surface area contributed by atoms with Crippen molar-refractivity contribution >= 4 is 32.7 Å². The Labute approximate surface area is 71.7 Å². The Morgan fingerprint density at radius 3 is 3.09 bits per heavy atom. The van der Waals surface area contributed by atoms with Gasteiger partial charge >= 0.3 is 0 Å². The number of H-pyrrole nitrogens is 1. The van der Waals surface area contributed by atoms with Gasteiger partial charge in [-0.3, -0.25) is 0 Å². The molecule has 0 unspecified atom stereocenters. The topological polar surface area (TPSA) is 54.7 Å². The summed E-state index contributed by atoms with van der Waals surface area (Å²) in [4.78, 5) is 6.99. The molecule has 2 aromatic rings. The number of fused-ring (bicyclic) bond motifs is 1. The van der Waals surface area contributed by atoms with Crippen molar-refractivity contribution in [3.8, 4) is 0 Å². The van der Waals surface area contributed by atoms with Gasteiger partial charge in [-0.1, -0.05) is 0 Å². The molecule has 0 aliphatic carbocycles. The average molecular weight is 212 g/mol. The van der Waals surface area contributed by atoms with Gasteiger partial charge in [-0.05, 0) is 22.0 Å². The van der Waals surface area contributed by atoms with Gasteiger partial charge in [-0.15, -0.1) is 0 Å². The summed E-state index contributed by atoms with van der Waals surface area (Å²) in [6.07, 6.45) is 3.54.